The standard InChI is InChI=1S/C17H23N3O2/c21-15(19-13-14-6-5-9-18-12-14)17(7-8-17)16(22)20-10-3-1-2-4-11-20/h5-6,9,12H,1-4,7-8,10-11,13H2,(H,19,21). The normalized spacial score (nSPS) is 20.1. The summed E-state index contributed by atoms with van der Waals surface area (Å²) < 4.78 is 0. The summed E-state index contributed by atoms with van der Waals surface area (Å²) in [6.45, 7) is 2.04. The van der Waals surface area contributed by atoms with E-state index in [4.69, 9.17) is 0 Å². The summed E-state index contributed by atoms with van der Waals surface area (Å²) in [5.74, 6) is -0.0799. The lowest BCUT2D eigenvalue weighted by atomic mass is 10.0. The summed E-state index contributed by atoms with van der Waals surface area (Å²) in [5.41, 5.74) is 0.167. The highest BCUT2D eigenvalue weighted by atomic mass is 16.2. The molecule has 5 nitrogen and oxygen atoms in total. The van der Waals surface area contributed by atoms with Gasteiger partial charge in [-0.15, -0.1) is 0 Å². The Balaban J connectivity index is 1.60. The van der Waals surface area contributed by atoms with Crippen LogP contribution >= 0.6 is 0 Å². The average molecular weight is 301 g/mol. The fourth-order valence-electron chi connectivity index (χ4n) is 3.09. The summed E-state index contributed by atoms with van der Waals surface area (Å²) in [4.78, 5) is 31.2. The second kappa shape index (κ2) is 6.46. The van der Waals surface area contributed by atoms with E-state index in [1.165, 1.54) is 12.8 Å². The highest BCUT2D eigenvalue weighted by Gasteiger charge is 2.57. The van der Waals surface area contributed by atoms with Crippen LogP contribution in [0.25, 0.3) is 0 Å². The van der Waals surface area contributed by atoms with Gasteiger partial charge in [0.25, 0.3) is 0 Å². The van der Waals surface area contributed by atoms with Crippen LogP contribution in [-0.2, 0) is 16.1 Å². The monoisotopic (exact) mass is 301 g/mol. The fourth-order valence-corrected chi connectivity index (χ4v) is 3.09. The highest BCUT2D eigenvalue weighted by molar-refractivity contribution is 6.07. The van der Waals surface area contributed by atoms with Gasteiger partial charge in [0, 0.05) is 32.0 Å². The first-order chi connectivity index (χ1) is 10.7. The molecule has 118 valence electrons. The molecule has 1 aliphatic heterocycles. The molecule has 0 atom stereocenters. The maximum Gasteiger partial charge on any atom is 0.238 e. The molecule has 1 aromatic heterocycles. The third-order valence-electron chi connectivity index (χ3n) is 4.66. The number of carbonyl (C=O) groups is 2. The van der Waals surface area contributed by atoms with Crippen LogP contribution in [0.5, 0.6) is 0 Å². The lowest BCUT2D eigenvalue weighted by molar-refractivity contribution is -0.144. The Labute approximate surface area is 131 Å². The number of aromatic nitrogens is 1. The Bertz CT molecular complexity index is 532. The molecule has 0 spiro atoms. The Morgan fingerprint density at radius 2 is 1.91 bits per heavy atom. The third-order valence-corrected chi connectivity index (χ3v) is 4.66. The number of carbonyl (C=O) groups excluding carboxylic acids is 2. The van der Waals surface area contributed by atoms with Crippen molar-refractivity contribution in [3.63, 3.8) is 0 Å². The average Bonchev–Trinajstić information content (AvgIpc) is 3.37. The zero-order valence-corrected chi connectivity index (χ0v) is 12.9. The number of pyridine rings is 1. The lowest BCUT2D eigenvalue weighted by Gasteiger charge is -2.25. The topological polar surface area (TPSA) is 62.3 Å². The summed E-state index contributed by atoms with van der Waals surface area (Å²) in [5, 5.41) is 2.91. The van der Waals surface area contributed by atoms with Crippen molar-refractivity contribution >= 4 is 11.8 Å². The zero-order chi connectivity index (χ0) is 15.4. The molecule has 0 aromatic carbocycles. The van der Waals surface area contributed by atoms with E-state index < -0.39 is 5.41 Å². The summed E-state index contributed by atoms with van der Waals surface area (Å²) in [6.07, 6.45) is 9.28. The van der Waals surface area contributed by atoms with Crippen LogP contribution in [-0.4, -0.2) is 34.8 Å². The highest BCUT2D eigenvalue weighted by Crippen LogP contribution is 2.47. The first-order valence-electron chi connectivity index (χ1n) is 8.19. The van der Waals surface area contributed by atoms with Gasteiger partial charge in [-0.25, -0.2) is 0 Å². The Kier molecular flexibility index (Phi) is 4.41. The van der Waals surface area contributed by atoms with Crippen molar-refractivity contribution in [2.24, 2.45) is 5.41 Å². The number of amides is 2. The molecule has 0 unspecified atom stereocenters. The molecule has 2 amide bonds. The molecule has 3 rings (SSSR count). The Morgan fingerprint density at radius 3 is 2.50 bits per heavy atom. The van der Waals surface area contributed by atoms with Crippen LogP contribution in [0.2, 0.25) is 0 Å². The summed E-state index contributed by atoms with van der Waals surface area (Å²) in [7, 11) is 0. The minimum atomic E-state index is -0.785. The van der Waals surface area contributed by atoms with Gasteiger partial charge in [0.2, 0.25) is 11.8 Å². The van der Waals surface area contributed by atoms with Crippen molar-refractivity contribution < 1.29 is 9.59 Å². The van der Waals surface area contributed by atoms with E-state index in [1.54, 1.807) is 12.4 Å². The molecule has 1 saturated carbocycles. The molecular weight excluding hydrogens is 278 g/mol. The third kappa shape index (κ3) is 3.13. The summed E-state index contributed by atoms with van der Waals surface area (Å²) in [6, 6.07) is 3.76. The first-order valence-corrected chi connectivity index (χ1v) is 8.19. The SMILES string of the molecule is O=C(NCc1cccnc1)C1(C(=O)N2CCCCCC2)CC1. The van der Waals surface area contributed by atoms with E-state index in [0.29, 0.717) is 19.4 Å². The smallest absolute Gasteiger partial charge is 0.238 e. The van der Waals surface area contributed by atoms with Crippen LogP contribution in [0, 0.1) is 5.41 Å². The van der Waals surface area contributed by atoms with Gasteiger partial charge in [-0.2, -0.15) is 0 Å². The summed E-state index contributed by atoms with van der Waals surface area (Å²) >= 11 is 0. The maximum atomic E-state index is 12.7. The number of rotatable bonds is 4. The second-order valence-electron chi connectivity index (χ2n) is 6.33. The molecule has 1 N–H and O–H groups in total. The number of hydrogen-bond donors (Lipinski definition) is 1. The van der Waals surface area contributed by atoms with E-state index in [9.17, 15) is 9.59 Å². The van der Waals surface area contributed by atoms with E-state index >= 15 is 0 Å². The van der Waals surface area contributed by atoms with Gasteiger partial charge >= 0.3 is 0 Å². The number of hydrogen-bond acceptors (Lipinski definition) is 3. The van der Waals surface area contributed by atoms with Gasteiger partial charge in [0.15, 0.2) is 0 Å². The first kappa shape index (κ1) is 15.0. The molecule has 2 aliphatic rings. The van der Waals surface area contributed by atoms with Crippen LogP contribution in [0.1, 0.15) is 44.1 Å². The maximum absolute atomic E-state index is 12.7. The molecule has 2 fully saturated rings. The van der Waals surface area contributed by atoms with Crippen molar-refractivity contribution in [3.8, 4) is 0 Å². The minimum Gasteiger partial charge on any atom is -0.351 e. The largest absolute Gasteiger partial charge is 0.351 e. The molecule has 5 heteroatoms. The lowest BCUT2D eigenvalue weighted by Crippen LogP contribution is -2.45. The van der Waals surface area contributed by atoms with Crippen molar-refractivity contribution in [3.05, 3.63) is 30.1 Å². The zero-order valence-electron chi connectivity index (χ0n) is 12.9. The fraction of sp³-hybridized carbons (Fsp3) is 0.588. The Morgan fingerprint density at radius 1 is 1.18 bits per heavy atom. The van der Waals surface area contributed by atoms with Gasteiger partial charge in [0.1, 0.15) is 5.41 Å². The Hall–Kier alpha value is -1.91. The molecule has 2 heterocycles. The van der Waals surface area contributed by atoms with Gasteiger partial charge < -0.3 is 10.2 Å². The van der Waals surface area contributed by atoms with Crippen LogP contribution in [0.4, 0.5) is 0 Å². The van der Waals surface area contributed by atoms with E-state index in [2.05, 4.69) is 10.3 Å². The number of nitrogens with one attached hydrogen (secondary N) is 1. The van der Waals surface area contributed by atoms with Crippen molar-refractivity contribution in [1.82, 2.24) is 15.2 Å². The minimum absolute atomic E-state index is 0.0399. The predicted octanol–water partition coefficient (Wildman–Crippen LogP) is 1.88. The van der Waals surface area contributed by atoms with E-state index in [1.807, 2.05) is 17.0 Å². The van der Waals surface area contributed by atoms with Gasteiger partial charge in [-0.05, 0) is 37.3 Å². The molecule has 1 aliphatic carbocycles. The van der Waals surface area contributed by atoms with Gasteiger partial charge in [-0.1, -0.05) is 18.9 Å². The van der Waals surface area contributed by atoms with Gasteiger partial charge in [-0.3, -0.25) is 14.6 Å². The van der Waals surface area contributed by atoms with E-state index in [-0.39, 0.29) is 11.8 Å². The number of likely N-dealkylation sites (tertiary alicyclic amines) is 1. The number of nitrogens with zero attached hydrogens (tertiary/aromatic N) is 2. The molecule has 0 radical (unpaired) electrons. The van der Waals surface area contributed by atoms with Crippen LogP contribution < -0.4 is 5.32 Å². The van der Waals surface area contributed by atoms with Crippen LogP contribution in [0.3, 0.4) is 0 Å². The molecule has 0 bridgehead atoms. The molecule has 22 heavy (non-hydrogen) atoms. The van der Waals surface area contributed by atoms with Crippen molar-refractivity contribution in [2.45, 2.75) is 45.1 Å². The van der Waals surface area contributed by atoms with Gasteiger partial charge in [0.05, 0.1) is 0 Å². The van der Waals surface area contributed by atoms with Crippen molar-refractivity contribution in [2.75, 3.05) is 13.1 Å². The predicted molar refractivity (Wildman–Crippen MR) is 82.8 cm³/mol. The quantitative estimate of drug-likeness (QED) is 0.864. The molecular formula is C17H23N3O2. The molecule has 1 aromatic rings. The van der Waals surface area contributed by atoms with E-state index in [0.717, 1.165) is 31.5 Å². The van der Waals surface area contributed by atoms with Crippen molar-refractivity contribution in [1.29, 1.82) is 0 Å². The molecule has 1 saturated heterocycles. The van der Waals surface area contributed by atoms with Crippen LogP contribution in [0.15, 0.2) is 24.5 Å². The second-order valence-corrected chi connectivity index (χ2v) is 6.33.